The van der Waals surface area contributed by atoms with Crippen LogP contribution in [0.15, 0.2) is 41.3 Å². The van der Waals surface area contributed by atoms with Crippen LogP contribution in [0, 0.1) is 18.3 Å². The lowest BCUT2D eigenvalue weighted by molar-refractivity contribution is -0.117. The van der Waals surface area contributed by atoms with Gasteiger partial charge < -0.3 is 5.32 Å². The lowest BCUT2D eigenvalue weighted by Gasteiger charge is -2.14. The summed E-state index contributed by atoms with van der Waals surface area (Å²) in [6, 6.07) is 12.0. The fourth-order valence-corrected chi connectivity index (χ4v) is 3.07. The van der Waals surface area contributed by atoms with Gasteiger partial charge in [-0.1, -0.05) is 31.2 Å². The van der Waals surface area contributed by atoms with E-state index < -0.39 is 0 Å². The van der Waals surface area contributed by atoms with Gasteiger partial charge >= 0.3 is 0 Å². The number of amides is 1. The number of benzene rings is 1. The highest BCUT2D eigenvalue weighted by molar-refractivity contribution is 7.11. The molecule has 0 aliphatic carbocycles. The topological polar surface area (TPSA) is 52.9 Å². The quantitative estimate of drug-likeness (QED) is 0.654. The fourth-order valence-electron chi connectivity index (χ4n) is 2.21. The summed E-state index contributed by atoms with van der Waals surface area (Å²) < 4.78 is 0. The summed E-state index contributed by atoms with van der Waals surface area (Å²) in [4.78, 5) is 13.3. The van der Waals surface area contributed by atoms with Gasteiger partial charge in [0, 0.05) is 4.88 Å². The summed E-state index contributed by atoms with van der Waals surface area (Å²) in [6.45, 7) is 5.99. The Morgan fingerprint density at radius 2 is 2.04 bits per heavy atom. The van der Waals surface area contributed by atoms with Crippen LogP contribution in [0.2, 0.25) is 0 Å². The first-order valence-electron chi connectivity index (χ1n) is 7.60. The zero-order valence-electron chi connectivity index (χ0n) is 13.6. The van der Waals surface area contributed by atoms with Crippen LogP contribution < -0.4 is 5.32 Å². The second kappa shape index (κ2) is 7.75. The number of hydrogen-bond acceptors (Lipinski definition) is 3. The molecule has 118 valence electrons. The van der Waals surface area contributed by atoms with Gasteiger partial charge in [0.15, 0.2) is 0 Å². The van der Waals surface area contributed by atoms with Crippen molar-refractivity contribution in [3.63, 3.8) is 0 Å². The number of nitrogens with zero attached hydrogens (tertiary/aromatic N) is 1. The standard InChI is InChI=1S/C19H20N2OS/c1-4-15-5-7-16(8-6-15)14(3)21-19(22)17(12-20)11-18-13(2)9-10-23-18/h5-11,14H,4H2,1-3H3,(H,21,22)/b17-11-/t14-/m1/s1. The van der Waals surface area contributed by atoms with Crippen molar-refractivity contribution in [3.8, 4) is 6.07 Å². The van der Waals surface area contributed by atoms with E-state index >= 15 is 0 Å². The number of carbonyl (C=O) groups excluding carboxylic acids is 1. The van der Waals surface area contributed by atoms with Crippen molar-refractivity contribution in [1.29, 1.82) is 5.26 Å². The Labute approximate surface area is 141 Å². The van der Waals surface area contributed by atoms with Crippen molar-refractivity contribution < 1.29 is 4.79 Å². The minimum atomic E-state index is -0.340. The van der Waals surface area contributed by atoms with Crippen LogP contribution in [0.1, 0.15) is 41.5 Å². The Bertz CT molecular complexity index is 750. The van der Waals surface area contributed by atoms with Crippen LogP contribution >= 0.6 is 11.3 Å². The lowest BCUT2D eigenvalue weighted by atomic mass is 10.0. The monoisotopic (exact) mass is 324 g/mol. The largest absolute Gasteiger partial charge is 0.345 e. The molecule has 4 heteroatoms. The Morgan fingerprint density at radius 3 is 2.57 bits per heavy atom. The molecular formula is C19H20N2OS. The van der Waals surface area contributed by atoms with Crippen molar-refractivity contribution in [1.82, 2.24) is 5.32 Å². The molecule has 2 rings (SSSR count). The maximum Gasteiger partial charge on any atom is 0.262 e. The van der Waals surface area contributed by atoms with E-state index in [1.807, 2.05) is 43.5 Å². The molecule has 1 atom stereocenters. The maximum absolute atomic E-state index is 12.3. The third kappa shape index (κ3) is 4.30. The number of thiophene rings is 1. The Balaban J connectivity index is 2.11. The average Bonchev–Trinajstić information content (AvgIpc) is 2.97. The van der Waals surface area contributed by atoms with E-state index in [4.69, 9.17) is 0 Å². The molecule has 0 unspecified atom stereocenters. The minimum Gasteiger partial charge on any atom is -0.345 e. The van der Waals surface area contributed by atoms with Crippen LogP contribution in [-0.2, 0) is 11.2 Å². The van der Waals surface area contributed by atoms with Gasteiger partial charge in [0.1, 0.15) is 11.6 Å². The molecule has 0 aliphatic heterocycles. The van der Waals surface area contributed by atoms with Crippen LogP contribution in [0.25, 0.3) is 6.08 Å². The molecule has 1 N–H and O–H groups in total. The molecule has 0 radical (unpaired) electrons. The first kappa shape index (κ1) is 17.0. The number of aryl methyl sites for hydroxylation is 2. The second-order valence-electron chi connectivity index (χ2n) is 5.43. The van der Waals surface area contributed by atoms with Gasteiger partial charge in [-0.05, 0) is 54.5 Å². The van der Waals surface area contributed by atoms with Crippen molar-refractivity contribution in [2.24, 2.45) is 0 Å². The van der Waals surface area contributed by atoms with Crippen LogP contribution in [0.5, 0.6) is 0 Å². The molecule has 0 aliphatic rings. The third-order valence-corrected chi connectivity index (χ3v) is 4.74. The van der Waals surface area contributed by atoms with Gasteiger partial charge in [0.25, 0.3) is 5.91 Å². The molecule has 1 aromatic heterocycles. The predicted molar refractivity (Wildman–Crippen MR) is 95.0 cm³/mol. The van der Waals surface area contributed by atoms with Crippen LogP contribution in [0.4, 0.5) is 0 Å². The van der Waals surface area contributed by atoms with Crippen LogP contribution in [0.3, 0.4) is 0 Å². The van der Waals surface area contributed by atoms with Gasteiger partial charge in [-0.2, -0.15) is 5.26 Å². The molecule has 23 heavy (non-hydrogen) atoms. The number of nitrogens with one attached hydrogen (secondary N) is 1. The van der Waals surface area contributed by atoms with E-state index in [0.29, 0.717) is 0 Å². The Kier molecular flexibility index (Phi) is 5.72. The highest BCUT2D eigenvalue weighted by Crippen LogP contribution is 2.20. The van der Waals surface area contributed by atoms with Crippen molar-refractivity contribution >= 4 is 23.3 Å². The lowest BCUT2D eigenvalue weighted by Crippen LogP contribution is -2.27. The number of carbonyl (C=O) groups is 1. The first-order chi connectivity index (χ1) is 11.0. The minimum absolute atomic E-state index is 0.132. The number of nitriles is 1. The van der Waals surface area contributed by atoms with E-state index in [2.05, 4.69) is 24.4 Å². The summed E-state index contributed by atoms with van der Waals surface area (Å²) in [7, 11) is 0. The zero-order chi connectivity index (χ0) is 16.8. The summed E-state index contributed by atoms with van der Waals surface area (Å²) in [5.74, 6) is -0.340. The SMILES string of the molecule is CCc1ccc([C@@H](C)NC(=O)/C(C#N)=C\c2sccc2C)cc1. The van der Waals surface area contributed by atoms with Gasteiger partial charge in [-0.3, -0.25) is 4.79 Å². The second-order valence-corrected chi connectivity index (χ2v) is 6.38. The van der Waals surface area contributed by atoms with Crippen molar-refractivity contribution in [3.05, 3.63) is 62.9 Å². The third-order valence-electron chi connectivity index (χ3n) is 3.78. The molecule has 1 heterocycles. The number of rotatable bonds is 5. The molecule has 0 saturated carbocycles. The Morgan fingerprint density at radius 1 is 1.35 bits per heavy atom. The van der Waals surface area contributed by atoms with E-state index in [1.165, 1.54) is 16.9 Å². The highest BCUT2D eigenvalue weighted by atomic mass is 32.1. The van der Waals surface area contributed by atoms with Gasteiger partial charge in [0.05, 0.1) is 6.04 Å². The molecule has 1 aromatic carbocycles. The molecule has 1 amide bonds. The molecule has 0 saturated heterocycles. The van der Waals surface area contributed by atoms with Crippen molar-refractivity contribution in [2.45, 2.75) is 33.2 Å². The summed E-state index contributed by atoms with van der Waals surface area (Å²) >= 11 is 1.52. The summed E-state index contributed by atoms with van der Waals surface area (Å²) in [5, 5.41) is 14.1. The van der Waals surface area contributed by atoms with E-state index in [9.17, 15) is 10.1 Å². The molecule has 0 bridgehead atoms. The predicted octanol–water partition coefficient (Wildman–Crippen LogP) is 4.40. The molecular weight excluding hydrogens is 304 g/mol. The van der Waals surface area contributed by atoms with Gasteiger partial charge in [-0.15, -0.1) is 11.3 Å². The van der Waals surface area contributed by atoms with E-state index in [1.54, 1.807) is 6.08 Å². The highest BCUT2D eigenvalue weighted by Gasteiger charge is 2.14. The smallest absolute Gasteiger partial charge is 0.262 e. The first-order valence-corrected chi connectivity index (χ1v) is 8.48. The normalized spacial score (nSPS) is 12.5. The maximum atomic E-state index is 12.3. The van der Waals surface area contributed by atoms with Crippen molar-refractivity contribution in [2.75, 3.05) is 0 Å². The van der Waals surface area contributed by atoms with E-state index in [0.717, 1.165) is 22.4 Å². The molecule has 0 spiro atoms. The molecule has 0 fully saturated rings. The molecule has 3 nitrogen and oxygen atoms in total. The van der Waals surface area contributed by atoms with E-state index in [-0.39, 0.29) is 17.5 Å². The zero-order valence-corrected chi connectivity index (χ0v) is 14.4. The van der Waals surface area contributed by atoms with Gasteiger partial charge in [0.2, 0.25) is 0 Å². The van der Waals surface area contributed by atoms with Crippen LogP contribution in [-0.4, -0.2) is 5.91 Å². The van der Waals surface area contributed by atoms with Gasteiger partial charge in [-0.25, -0.2) is 0 Å². The summed E-state index contributed by atoms with van der Waals surface area (Å²) in [6.07, 6.45) is 2.64. The Hall–Kier alpha value is -2.38. The summed E-state index contributed by atoms with van der Waals surface area (Å²) in [5.41, 5.74) is 3.49. The fraction of sp³-hybridized carbons (Fsp3) is 0.263. The number of hydrogen-bond donors (Lipinski definition) is 1. The average molecular weight is 324 g/mol. The molecule has 2 aromatic rings.